The lowest BCUT2D eigenvalue weighted by atomic mass is 9.84. The topological polar surface area (TPSA) is 126 Å². The Morgan fingerprint density at radius 3 is 2.42 bits per heavy atom. The number of hydrogen-bond acceptors (Lipinski definition) is 6. The molecule has 1 aromatic rings. The monoisotopic (exact) mass is 518 g/mol. The smallest absolute Gasteiger partial charge is 0.260 e. The number of amides is 2. The van der Waals surface area contributed by atoms with Gasteiger partial charge in [0.25, 0.3) is 10.0 Å². The molecule has 10 heteroatoms. The van der Waals surface area contributed by atoms with Gasteiger partial charge in [0.2, 0.25) is 11.8 Å². The molecule has 0 aromatic carbocycles. The van der Waals surface area contributed by atoms with Crippen LogP contribution in [0.3, 0.4) is 0 Å². The Morgan fingerprint density at radius 2 is 1.72 bits per heavy atom. The first-order chi connectivity index (χ1) is 17.3. The molecule has 4 rings (SSSR count). The summed E-state index contributed by atoms with van der Waals surface area (Å²) in [6, 6.07) is 3.18. The Morgan fingerprint density at radius 1 is 1.00 bits per heavy atom. The number of nitrogens with one attached hydrogen (secondary N) is 2. The van der Waals surface area contributed by atoms with Crippen molar-refractivity contribution in [3.8, 4) is 0 Å². The molecule has 2 amide bonds. The van der Waals surface area contributed by atoms with Gasteiger partial charge in [-0.1, -0.05) is 51.0 Å². The Hall–Kier alpha value is -2.33. The van der Waals surface area contributed by atoms with Crippen molar-refractivity contribution in [2.45, 2.75) is 94.2 Å². The molecule has 36 heavy (non-hydrogen) atoms. The standard InChI is InChI=1S/C26H38N4O5S/c31-23-18-30(36(34,35)24-14-6-7-15-27-24)16-8-13-21(23)28-26(33)22(17-19-9-2-1-3-10-19)29-25(32)20-11-4-5-12-20/h6-7,14-15,19-22H,1-5,8-13,16-18H2,(H,28,33)(H,29,32)/t21?,22-/m0/s1. The molecule has 198 valence electrons. The molecule has 0 spiro atoms. The molecule has 3 fully saturated rings. The molecule has 2 N–H and O–H groups in total. The average molecular weight is 519 g/mol. The number of nitrogens with zero attached hydrogens (tertiary/aromatic N) is 2. The second kappa shape index (κ2) is 12.3. The highest BCUT2D eigenvalue weighted by Crippen LogP contribution is 2.29. The van der Waals surface area contributed by atoms with Crippen LogP contribution in [0.1, 0.15) is 77.0 Å². The predicted octanol–water partition coefficient (Wildman–Crippen LogP) is 2.57. The maximum Gasteiger partial charge on any atom is 0.260 e. The van der Waals surface area contributed by atoms with Crippen LogP contribution < -0.4 is 10.6 Å². The molecule has 0 radical (unpaired) electrons. The van der Waals surface area contributed by atoms with Crippen LogP contribution in [0.15, 0.2) is 29.4 Å². The zero-order chi connectivity index (χ0) is 25.5. The third-order valence-electron chi connectivity index (χ3n) is 7.83. The predicted molar refractivity (Wildman–Crippen MR) is 134 cm³/mol. The number of pyridine rings is 1. The van der Waals surface area contributed by atoms with Crippen molar-refractivity contribution >= 4 is 27.6 Å². The van der Waals surface area contributed by atoms with Crippen molar-refractivity contribution in [3.63, 3.8) is 0 Å². The number of hydrogen-bond donors (Lipinski definition) is 2. The number of carbonyl (C=O) groups is 3. The first-order valence-corrected chi connectivity index (χ1v) is 14.8. The number of rotatable bonds is 8. The van der Waals surface area contributed by atoms with Crippen molar-refractivity contribution in [1.82, 2.24) is 19.9 Å². The van der Waals surface area contributed by atoms with E-state index in [1.807, 2.05) is 0 Å². The van der Waals surface area contributed by atoms with Gasteiger partial charge >= 0.3 is 0 Å². The van der Waals surface area contributed by atoms with Crippen LogP contribution in [0.25, 0.3) is 0 Å². The summed E-state index contributed by atoms with van der Waals surface area (Å²) < 4.78 is 27.1. The van der Waals surface area contributed by atoms with E-state index in [4.69, 9.17) is 0 Å². The van der Waals surface area contributed by atoms with E-state index in [0.29, 0.717) is 25.2 Å². The molecule has 3 aliphatic rings. The number of Topliss-reactive ketones (excluding diaryl/α,β-unsaturated/α-hetero) is 1. The van der Waals surface area contributed by atoms with E-state index in [1.165, 1.54) is 18.7 Å². The van der Waals surface area contributed by atoms with Crippen LogP contribution in [-0.2, 0) is 24.4 Å². The van der Waals surface area contributed by atoms with Crippen molar-refractivity contribution in [3.05, 3.63) is 24.4 Å². The van der Waals surface area contributed by atoms with Gasteiger partial charge in [-0.25, -0.2) is 13.4 Å². The second-order valence-electron chi connectivity index (χ2n) is 10.5. The van der Waals surface area contributed by atoms with Crippen LogP contribution in [0.5, 0.6) is 0 Å². The van der Waals surface area contributed by atoms with Crippen LogP contribution in [0.4, 0.5) is 0 Å². The number of carbonyl (C=O) groups excluding carboxylic acids is 3. The van der Waals surface area contributed by atoms with E-state index < -0.39 is 22.1 Å². The number of sulfonamides is 1. The summed E-state index contributed by atoms with van der Waals surface area (Å²) in [5.41, 5.74) is 0. The zero-order valence-corrected chi connectivity index (χ0v) is 21.7. The molecule has 2 atom stereocenters. The molecule has 1 aliphatic heterocycles. The van der Waals surface area contributed by atoms with Gasteiger partial charge in [0.1, 0.15) is 6.04 Å². The van der Waals surface area contributed by atoms with Gasteiger partial charge in [-0.15, -0.1) is 0 Å². The van der Waals surface area contributed by atoms with Gasteiger partial charge in [-0.05, 0) is 50.2 Å². The third kappa shape index (κ3) is 6.70. The molecule has 0 bridgehead atoms. The third-order valence-corrected chi connectivity index (χ3v) is 9.59. The Labute approximate surface area is 213 Å². The van der Waals surface area contributed by atoms with Gasteiger partial charge in [-0.3, -0.25) is 14.4 Å². The fourth-order valence-corrected chi connectivity index (χ4v) is 7.10. The van der Waals surface area contributed by atoms with E-state index in [-0.39, 0.29) is 41.6 Å². The maximum absolute atomic E-state index is 13.4. The Bertz CT molecular complexity index is 1020. The van der Waals surface area contributed by atoms with Crippen molar-refractivity contribution in [1.29, 1.82) is 0 Å². The van der Waals surface area contributed by atoms with Gasteiger partial charge in [0.05, 0.1) is 12.6 Å². The van der Waals surface area contributed by atoms with E-state index in [0.717, 1.165) is 55.7 Å². The minimum Gasteiger partial charge on any atom is -0.344 e. The lowest BCUT2D eigenvalue weighted by molar-refractivity contribution is -0.133. The normalized spacial score (nSPS) is 23.7. The van der Waals surface area contributed by atoms with Crippen molar-refractivity contribution < 1.29 is 22.8 Å². The minimum absolute atomic E-state index is 0.0449. The van der Waals surface area contributed by atoms with Gasteiger partial charge in [-0.2, -0.15) is 4.31 Å². The SMILES string of the molecule is O=C(N[C@@H](CC1CCCCC1)C(=O)NC1CCCN(S(=O)(=O)c2ccccn2)CC1=O)C1CCCC1. The van der Waals surface area contributed by atoms with Crippen LogP contribution in [-0.4, -0.2) is 60.5 Å². The largest absolute Gasteiger partial charge is 0.344 e. The Kier molecular flexibility index (Phi) is 9.11. The van der Waals surface area contributed by atoms with Crippen molar-refractivity contribution in [2.24, 2.45) is 11.8 Å². The van der Waals surface area contributed by atoms with Crippen LogP contribution >= 0.6 is 0 Å². The highest BCUT2D eigenvalue weighted by atomic mass is 32.2. The van der Waals surface area contributed by atoms with Gasteiger partial charge in [0, 0.05) is 18.7 Å². The van der Waals surface area contributed by atoms with Crippen LogP contribution in [0.2, 0.25) is 0 Å². The van der Waals surface area contributed by atoms with Crippen molar-refractivity contribution in [2.75, 3.05) is 13.1 Å². The molecule has 9 nitrogen and oxygen atoms in total. The molecular formula is C26H38N4O5S. The number of ketones is 1. The fraction of sp³-hybridized carbons (Fsp3) is 0.692. The molecular weight excluding hydrogens is 480 g/mol. The highest BCUT2D eigenvalue weighted by molar-refractivity contribution is 7.89. The maximum atomic E-state index is 13.4. The van der Waals surface area contributed by atoms with E-state index in [9.17, 15) is 22.8 Å². The summed E-state index contributed by atoms with van der Waals surface area (Å²) in [6.45, 7) is -0.132. The summed E-state index contributed by atoms with van der Waals surface area (Å²) in [7, 11) is -3.90. The van der Waals surface area contributed by atoms with E-state index in [2.05, 4.69) is 15.6 Å². The molecule has 1 unspecified atom stereocenters. The molecule has 2 aliphatic carbocycles. The average Bonchev–Trinajstić information content (AvgIpc) is 3.36. The summed E-state index contributed by atoms with van der Waals surface area (Å²) in [5, 5.41) is 5.77. The van der Waals surface area contributed by atoms with E-state index in [1.54, 1.807) is 12.1 Å². The molecule has 2 saturated carbocycles. The molecule has 2 heterocycles. The second-order valence-corrected chi connectivity index (χ2v) is 12.3. The Balaban J connectivity index is 1.41. The number of aromatic nitrogens is 1. The zero-order valence-electron chi connectivity index (χ0n) is 20.9. The minimum atomic E-state index is -3.90. The fourth-order valence-electron chi connectivity index (χ4n) is 5.72. The summed E-state index contributed by atoms with van der Waals surface area (Å²) in [5.74, 6) is -0.424. The first kappa shape index (κ1) is 26.7. The lowest BCUT2D eigenvalue weighted by Gasteiger charge is -2.28. The van der Waals surface area contributed by atoms with Crippen LogP contribution in [0, 0.1) is 11.8 Å². The molecule has 1 aromatic heterocycles. The highest BCUT2D eigenvalue weighted by Gasteiger charge is 2.36. The summed E-state index contributed by atoms with van der Waals surface area (Å²) in [4.78, 5) is 43.2. The summed E-state index contributed by atoms with van der Waals surface area (Å²) >= 11 is 0. The molecule has 1 saturated heterocycles. The summed E-state index contributed by atoms with van der Waals surface area (Å²) in [6.07, 6.45) is 12.1. The first-order valence-electron chi connectivity index (χ1n) is 13.4. The quantitative estimate of drug-likeness (QED) is 0.545. The van der Waals surface area contributed by atoms with Gasteiger partial charge in [0.15, 0.2) is 10.8 Å². The van der Waals surface area contributed by atoms with Gasteiger partial charge < -0.3 is 10.6 Å². The lowest BCUT2D eigenvalue weighted by Crippen LogP contribution is -2.53. The van der Waals surface area contributed by atoms with E-state index >= 15 is 0 Å².